The minimum absolute atomic E-state index is 0.0166. The van der Waals surface area contributed by atoms with Crippen molar-refractivity contribution in [3.8, 4) is 0 Å². The van der Waals surface area contributed by atoms with E-state index in [0.717, 1.165) is 37.0 Å². The normalized spacial score (nSPS) is 17.6. The summed E-state index contributed by atoms with van der Waals surface area (Å²) in [6.45, 7) is 3.95. The quantitative estimate of drug-likeness (QED) is 0.545. The minimum Gasteiger partial charge on any atom is -0.339 e. The fourth-order valence-electron chi connectivity index (χ4n) is 4.92. The lowest BCUT2D eigenvalue weighted by Gasteiger charge is -2.42. The number of hydrogen-bond acceptors (Lipinski definition) is 6. The van der Waals surface area contributed by atoms with E-state index in [-0.39, 0.29) is 12.3 Å². The highest BCUT2D eigenvalue weighted by atomic mass is 35.5. The number of carbonyl (C=O) groups is 3. The Kier molecular flexibility index (Phi) is 6.79. The molecule has 2 saturated heterocycles. The molecule has 3 heterocycles. The number of H-pyrrole nitrogens is 1. The van der Waals surface area contributed by atoms with E-state index < -0.39 is 11.7 Å². The summed E-state index contributed by atoms with van der Waals surface area (Å²) in [4.78, 5) is 44.0. The fraction of sp³-hybridized carbons (Fsp3) is 0.400. The number of aromatic nitrogens is 3. The molecule has 0 saturated carbocycles. The first-order valence-electron chi connectivity index (χ1n) is 11.9. The number of ketones is 1. The smallest absolute Gasteiger partial charge is 0.290 e. The maximum atomic E-state index is 12.9. The summed E-state index contributed by atoms with van der Waals surface area (Å²) in [6, 6.07) is 12.8. The van der Waals surface area contributed by atoms with Crippen LogP contribution in [-0.4, -0.2) is 93.0 Å². The number of nitrogens with zero attached hydrogens (tertiary/aromatic N) is 5. The molecule has 2 fully saturated rings. The van der Waals surface area contributed by atoms with Crippen molar-refractivity contribution in [2.75, 3.05) is 39.3 Å². The van der Waals surface area contributed by atoms with Crippen molar-refractivity contribution in [2.45, 2.75) is 25.3 Å². The lowest BCUT2D eigenvalue weighted by molar-refractivity contribution is -0.145. The molecule has 0 unspecified atom stereocenters. The lowest BCUT2D eigenvalue weighted by Crippen LogP contribution is -2.55. The molecule has 0 radical (unpaired) electrons. The zero-order chi connectivity index (χ0) is 24.4. The number of likely N-dealkylation sites (tertiary alicyclic amines) is 1. The van der Waals surface area contributed by atoms with E-state index in [4.69, 9.17) is 11.6 Å². The van der Waals surface area contributed by atoms with Crippen LogP contribution in [0, 0.1) is 0 Å². The zero-order valence-corrected chi connectivity index (χ0v) is 20.1. The Morgan fingerprint density at radius 3 is 2.34 bits per heavy atom. The molecule has 35 heavy (non-hydrogen) atoms. The van der Waals surface area contributed by atoms with Gasteiger partial charge < -0.3 is 9.80 Å². The molecule has 2 aromatic carbocycles. The van der Waals surface area contributed by atoms with Crippen LogP contribution in [0.25, 0.3) is 11.0 Å². The van der Waals surface area contributed by atoms with Gasteiger partial charge in [-0.15, -0.1) is 5.10 Å². The molecule has 1 aromatic heterocycles. The predicted molar refractivity (Wildman–Crippen MR) is 131 cm³/mol. The van der Waals surface area contributed by atoms with Gasteiger partial charge in [-0.1, -0.05) is 28.9 Å². The molecule has 0 aliphatic carbocycles. The Morgan fingerprint density at radius 2 is 1.63 bits per heavy atom. The first-order chi connectivity index (χ1) is 17.0. The summed E-state index contributed by atoms with van der Waals surface area (Å²) in [5.41, 5.74) is 2.91. The van der Waals surface area contributed by atoms with E-state index in [2.05, 4.69) is 20.3 Å². The number of nitrogens with one attached hydrogen (secondary N) is 1. The van der Waals surface area contributed by atoms with Crippen molar-refractivity contribution in [3.63, 3.8) is 0 Å². The van der Waals surface area contributed by atoms with E-state index in [1.165, 1.54) is 0 Å². The number of halogens is 1. The summed E-state index contributed by atoms with van der Waals surface area (Å²) in [7, 11) is 0. The molecule has 0 bridgehead atoms. The molecule has 0 atom stereocenters. The van der Waals surface area contributed by atoms with Crippen LogP contribution in [-0.2, 0) is 16.0 Å². The van der Waals surface area contributed by atoms with Crippen LogP contribution in [0.4, 0.5) is 0 Å². The van der Waals surface area contributed by atoms with Gasteiger partial charge in [-0.2, -0.15) is 0 Å². The molecule has 5 rings (SSSR count). The van der Waals surface area contributed by atoms with Crippen LogP contribution in [0.15, 0.2) is 42.5 Å². The summed E-state index contributed by atoms with van der Waals surface area (Å²) >= 11 is 5.89. The largest absolute Gasteiger partial charge is 0.339 e. The highest BCUT2D eigenvalue weighted by Crippen LogP contribution is 2.21. The highest BCUT2D eigenvalue weighted by Gasteiger charge is 2.32. The van der Waals surface area contributed by atoms with Gasteiger partial charge in [0.1, 0.15) is 5.52 Å². The van der Waals surface area contributed by atoms with E-state index >= 15 is 0 Å². The van der Waals surface area contributed by atoms with E-state index in [9.17, 15) is 14.4 Å². The Hall–Kier alpha value is -3.30. The third-order valence-electron chi connectivity index (χ3n) is 6.96. The van der Waals surface area contributed by atoms with Crippen LogP contribution < -0.4 is 0 Å². The zero-order valence-electron chi connectivity index (χ0n) is 19.3. The highest BCUT2D eigenvalue weighted by molar-refractivity contribution is 6.36. The van der Waals surface area contributed by atoms with Crippen molar-refractivity contribution in [2.24, 2.45) is 0 Å². The monoisotopic (exact) mass is 494 g/mol. The Labute approximate surface area is 208 Å². The summed E-state index contributed by atoms with van der Waals surface area (Å²) < 4.78 is 0. The number of amides is 2. The molecule has 2 aliphatic heterocycles. The average molecular weight is 495 g/mol. The summed E-state index contributed by atoms with van der Waals surface area (Å²) in [5, 5.41) is 11.2. The van der Waals surface area contributed by atoms with Gasteiger partial charge in [0, 0.05) is 62.3 Å². The van der Waals surface area contributed by atoms with Crippen molar-refractivity contribution in [3.05, 3.63) is 58.6 Å². The van der Waals surface area contributed by atoms with Crippen LogP contribution >= 0.6 is 11.6 Å². The molecule has 2 aliphatic rings. The maximum absolute atomic E-state index is 12.9. The topological polar surface area (TPSA) is 102 Å². The predicted octanol–water partition coefficient (Wildman–Crippen LogP) is 2.17. The minimum atomic E-state index is -0.413. The number of aromatic amines is 1. The van der Waals surface area contributed by atoms with Gasteiger partial charge in [-0.25, -0.2) is 0 Å². The van der Waals surface area contributed by atoms with Gasteiger partial charge in [0.05, 0.1) is 5.52 Å². The molecule has 10 heteroatoms. The molecule has 1 N–H and O–H groups in total. The second-order valence-electron chi connectivity index (χ2n) is 9.12. The SMILES string of the molecule is O=C(Cc1ccc(Cl)cc1)C(=O)N1CCN(C2CCN(C(=O)c3ccc4[nH]nnc4c3)CC2)CC1. The standard InChI is InChI=1S/C25H27ClN6O3/c26-19-4-1-17(2-5-19)15-23(33)25(35)32-13-11-30(12-14-32)20-7-9-31(10-8-20)24(34)18-3-6-21-22(16-18)28-29-27-21/h1-6,16,20H,7-15H2,(H,27,28,29). The first-order valence-corrected chi connectivity index (χ1v) is 12.3. The van der Waals surface area contributed by atoms with Crippen LogP contribution in [0.3, 0.4) is 0 Å². The van der Waals surface area contributed by atoms with E-state index in [1.807, 2.05) is 11.0 Å². The first kappa shape index (κ1) is 23.4. The molecule has 2 amide bonds. The number of fused-ring (bicyclic) bond motifs is 1. The Balaban J connectivity index is 1.09. The maximum Gasteiger partial charge on any atom is 0.290 e. The number of hydrogen-bond donors (Lipinski definition) is 1. The number of Topliss-reactive ketones (excluding diaryl/α,β-unsaturated/α-hetero) is 1. The number of rotatable bonds is 5. The molecular formula is C25H27ClN6O3. The van der Waals surface area contributed by atoms with E-state index in [1.54, 1.807) is 41.3 Å². The van der Waals surface area contributed by atoms with Crippen molar-refractivity contribution >= 4 is 40.2 Å². The lowest BCUT2D eigenvalue weighted by atomic mass is 10.0. The molecule has 0 spiro atoms. The second-order valence-corrected chi connectivity index (χ2v) is 9.56. The fourth-order valence-corrected chi connectivity index (χ4v) is 5.05. The van der Waals surface area contributed by atoms with Crippen LogP contribution in [0.5, 0.6) is 0 Å². The Bertz CT molecular complexity index is 1230. The number of piperidine rings is 1. The van der Waals surface area contributed by atoms with Gasteiger partial charge in [0.2, 0.25) is 5.78 Å². The molecule has 3 aromatic rings. The third-order valence-corrected chi connectivity index (χ3v) is 7.21. The van der Waals surface area contributed by atoms with Crippen LogP contribution in [0.1, 0.15) is 28.8 Å². The van der Waals surface area contributed by atoms with Gasteiger partial charge in [-0.3, -0.25) is 24.4 Å². The number of piperazine rings is 1. The second kappa shape index (κ2) is 10.1. The number of benzene rings is 2. The molecule has 182 valence electrons. The van der Waals surface area contributed by atoms with Crippen LogP contribution in [0.2, 0.25) is 5.02 Å². The summed E-state index contributed by atoms with van der Waals surface area (Å²) in [6.07, 6.45) is 1.87. The van der Waals surface area contributed by atoms with Crippen molar-refractivity contribution < 1.29 is 14.4 Å². The van der Waals surface area contributed by atoms with Gasteiger partial charge >= 0.3 is 0 Å². The van der Waals surface area contributed by atoms with Gasteiger partial charge in [-0.05, 0) is 48.7 Å². The molecular weight excluding hydrogens is 468 g/mol. The summed E-state index contributed by atoms with van der Waals surface area (Å²) in [5.74, 6) is -0.788. The number of carbonyl (C=O) groups excluding carboxylic acids is 3. The Morgan fingerprint density at radius 1 is 0.914 bits per heavy atom. The average Bonchev–Trinajstić information content (AvgIpc) is 3.37. The van der Waals surface area contributed by atoms with Crippen molar-refractivity contribution in [1.82, 2.24) is 30.1 Å². The third kappa shape index (κ3) is 5.21. The van der Waals surface area contributed by atoms with Crippen molar-refractivity contribution in [1.29, 1.82) is 0 Å². The van der Waals surface area contributed by atoms with E-state index in [0.29, 0.717) is 48.3 Å². The van der Waals surface area contributed by atoms with Gasteiger partial charge in [0.15, 0.2) is 0 Å². The molecule has 9 nitrogen and oxygen atoms in total. The van der Waals surface area contributed by atoms with Gasteiger partial charge in [0.25, 0.3) is 11.8 Å².